The van der Waals surface area contributed by atoms with Crippen LogP contribution in [0.4, 0.5) is 0 Å². The first-order valence-corrected chi connectivity index (χ1v) is 11.9. The predicted octanol–water partition coefficient (Wildman–Crippen LogP) is 3.21. The summed E-state index contributed by atoms with van der Waals surface area (Å²) in [6, 6.07) is 9.77. The average molecular weight is 407 g/mol. The molecule has 28 heavy (non-hydrogen) atoms. The molecule has 0 unspecified atom stereocenters. The minimum atomic E-state index is -3.39. The van der Waals surface area contributed by atoms with Crippen LogP contribution in [-0.2, 0) is 16.8 Å². The molecule has 0 spiro atoms. The average Bonchev–Trinajstić information content (AvgIpc) is 2.94. The van der Waals surface area contributed by atoms with Crippen LogP contribution in [0.25, 0.3) is 0 Å². The second-order valence-corrected chi connectivity index (χ2v) is 9.38. The fourth-order valence-corrected chi connectivity index (χ4v) is 5.17. The number of nitriles is 1. The van der Waals surface area contributed by atoms with Crippen molar-refractivity contribution in [1.82, 2.24) is 13.5 Å². The van der Waals surface area contributed by atoms with Crippen LogP contribution in [0, 0.1) is 11.3 Å². The summed E-state index contributed by atoms with van der Waals surface area (Å²) in [4.78, 5) is 2.30. The zero-order valence-corrected chi connectivity index (χ0v) is 18.1. The number of rotatable bonds is 10. The van der Waals surface area contributed by atoms with Gasteiger partial charge < -0.3 is 0 Å². The Balaban J connectivity index is 1.98. The standard InChI is InChI=1S/C21H34N4O2S/c1-3-5-13-24(14-6-4-2)28(26,27)25-15-7-12-23(16-17-25)19-21-10-8-20(18-22)9-11-21/h8-11H,3-7,12-17,19H2,1-2H3. The zero-order chi connectivity index (χ0) is 20.4. The summed E-state index contributed by atoms with van der Waals surface area (Å²) in [6.45, 7) is 8.94. The highest BCUT2D eigenvalue weighted by Gasteiger charge is 2.30. The first kappa shape index (κ1) is 22.8. The Labute approximate surface area is 170 Å². The normalized spacial score (nSPS) is 16.8. The van der Waals surface area contributed by atoms with Crippen molar-refractivity contribution in [2.75, 3.05) is 39.3 Å². The van der Waals surface area contributed by atoms with Crippen molar-refractivity contribution in [3.63, 3.8) is 0 Å². The van der Waals surface area contributed by atoms with E-state index in [2.05, 4.69) is 24.8 Å². The molecule has 7 heteroatoms. The van der Waals surface area contributed by atoms with Gasteiger partial charge in [-0.1, -0.05) is 38.8 Å². The lowest BCUT2D eigenvalue weighted by Crippen LogP contribution is -2.46. The van der Waals surface area contributed by atoms with Crippen molar-refractivity contribution in [1.29, 1.82) is 5.26 Å². The summed E-state index contributed by atoms with van der Waals surface area (Å²) in [5.74, 6) is 0. The van der Waals surface area contributed by atoms with Gasteiger partial charge >= 0.3 is 0 Å². The molecule has 2 rings (SSSR count). The SMILES string of the molecule is CCCCN(CCCC)S(=O)(=O)N1CCCN(Cc2ccc(C#N)cc2)CC1. The van der Waals surface area contributed by atoms with Crippen molar-refractivity contribution in [3.8, 4) is 6.07 Å². The maximum Gasteiger partial charge on any atom is 0.282 e. The molecule has 156 valence electrons. The molecule has 1 saturated heterocycles. The van der Waals surface area contributed by atoms with Crippen molar-refractivity contribution in [2.24, 2.45) is 0 Å². The van der Waals surface area contributed by atoms with Crippen LogP contribution >= 0.6 is 0 Å². The third kappa shape index (κ3) is 6.56. The third-order valence-corrected chi connectivity index (χ3v) is 7.25. The molecule has 0 N–H and O–H groups in total. The molecule has 0 bridgehead atoms. The van der Waals surface area contributed by atoms with Crippen LogP contribution in [0.3, 0.4) is 0 Å². The van der Waals surface area contributed by atoms with Gasteiger partial charge in [-0.2, -0.15) is 22.3 Å². The molecule has 1 fully saturated rings. The molecule has 1 aromatic rings. The van der Waals surface area contributed by atoms with Gasteiger partial charge in [-0.05, 0) is 43.5 Å². The lowest BCUT2D eigenvalue weighted by Gasteiger charge is -2.29. The monoisotopic (exact) mass is 406 g/mol. The smallest absolute Gasteiger partial charge is 0.282 e. The van der Waals surface area contributed by atoms with E-state index < -0.39 is 10.2 Å². The maximum atomic E-state index is 13.2. The highest BCUT2D eigenvalue weighted by atomic mass is 32.2. The van der Waals surface area contributed by atoms with Crippen molar-refractivity contribution in [3.05, 3.63) is 35.4 Å². The van der Waals surface area contributed by atoms with E-state index in [0.717, 1.165) is 57.3 Å². The Bertz CT molecular complexity index is 720. The number of hydrogen-bond acceptors (Lipinski definition) is 4. The van der Waals surface area contributed by atoms with Gasteiger partial charge in [0.2, 0.25) is 0 Å². The molecule has 0 atom stereocenters. The number of unbranched alkanes of at least 4 members (excludes halogenated alkanes) is 2. The van der Waals surface area contributed by atoms with Gasteiger partial charge in [0.25, 0.3) is 10.2 Å². The summed E-state index contributed by atoms with van der Waals surface area (Å²) >= 11 is 0. The predicted molar refractivity (Wildman–Crippen MR) is 113 cm³/mol. The van der Waals surface area contributed by atoms with Gasteiger partial charge in [-0.25, -0.2) is 0 Å². The molecule has 0 aromatic heterocycles. The number of hydrogen-bond donors (Lipinski definition) is 0. The van der Waals surface area contributed by atoms with E-state index in [1.807, 2.05) is 24.3 Å². The Morgan fingerprint density at radius 2 is 1.64 bits per heavy atom. The zero-order valence-electron chi connectivity index (χ0n) is 17.3. The second kappa shape index (κ2) is 11.5. The summed E-state index contributed by atoms with van der Waals surface area (Å²) < 4.78 is 29.7. The van der Waals surface area contributed by atoms with Crippen LogP contribution in [0.5, 0.6) is 0 Å². The van der Waals surface area contributed by atoms with Crippen LogP contribution in [0.1, 0.15) is 57.1 Å². The van der Waals surface area contributed by atoms with Gasteiger partial charge in [0, 0.05) is 39.3 Å². The van der Waals surface area contributed by atoms with Gasteiger partial charge in [-0.3, -0.25) is 4.90 Å². The largest absolute Gasteiger partial charge is 0.298 e. The molecule has 0 radical (unpaired) electrons. The molecule has 0 aliphatic carbocycles. The van der Waals surface area contributed by atoms with Gasteiger partial charge in [-0.15, -0.1) is 0 Å². The van der Waals surface area contributed by atoms with E-state index in [4.69, 9.17) is 5.26 Å². The Hall–Kier alpha value is -1.46. The van der Waals surface area contributed by atoms with Gasteiger partial charge in [0.1, 0.15) is 0 Å². The van der Waals surface area contributed by atoms with E-state index in [-0.39, 0.29) is 0 Å². The quantitative estimate of drug-likeness (QED) is 0.598. The fraction of sp³-hybridized carbons (Fsp3) is 0.667. The molecule has 6 nitrogen and oxygen atoms in total. The van der Waals surface area contributed by atoms with Crippen LogP contribution in [0.2, 0.25) is 0 Å². The van der Waals surface area contributed by atoms with Crippen LogP contribution in [0.15, 0.2) is 24.3 Å². The summed E-state index contributed by atoms with van der Waals surface area (Å²) in [5.41, 5.74) is 1.82. The maximum absolute atomic E-state index is 13.2. The Morgan fingerprint density at radius 1 is 1.00 bits per heavy atom. The lowest BCUT2D eigenvalue weighted by atomic mass is 10.1. The molecule has 1 aliphatic heterocycles. The minimum absolute atomic E-state index is 0.535. The third-order valence-electron chi connectivity index (χ3n) is 5.21. The van der Waals surface area contributed by atoms with Crippen molar-refractivity contribution in [2.45, 2.75) is 52.5 Å². The molecule has 1 aliphatic rings. The number of benzene rings is 1. The van der Waals surface area contributed by atoms with E-state index in [0.29, 0.717) is 31.7 Å². The van der Waals surface area contributed by atoms with Crippen LogP contribution < -0.4 is 0 Å². The Morgan fingerprint density at radius 3 is 2.21 bits per heavy atom. The van der Waals surface area contributed by atoms with Crippen LogP contribution in [-0.4, -0.2) is 61.2 Å². The lowest BCUT2D eigenvalue weighted by molar-refractivity contribution is 0.275. The van der Waals surface area contributed by atoms with E-state index in [1.54, 1.807) is 8.61 Å². The van der Waals surface area contributed by atoms with Gasteiger partial charge in [0.05, 0.1) is 11.6 Å². The molecule has 0 amide bonds. The summed E-state index contributed by atoms with van der Waals surface area (Å²) in [5, 5.41) is 8.92. The first-order chi connectivity index (χ1) is 13.5. The van der Waals surface area contributed by atoms with Crippen molar-refractivity contribution < 1.29 is 8.42 Å². The molecular weight excluding hydrogens is 372 g/mol. The molecular formula is C21H34N4O2S. The summed E-state index contributed by atoms with van der Waals surface area (Å²) in [6.07, 6.45) is 4.64. The van der Waals surface area contributed by atoms with Gasteiger partial charge in [0.15, 0.2) is 0 Å². The second-order valence-electron chi connectivity index (χ2n) is 7.45. The Kier molecular flexibility index (Phi) is 9.39. The van der Waals surface area contributed by atoms with E-state index >= 15 is 0 Å². The molecule has 0 saturated carbocycles. The topological polar surface area (TPSA) is 67.7 Å². The summed E-state index contributed by atoms with van der Waals surface area (Å²) in [7, 11) is -3.39. The van der Waals surface area contributed by atoms with E-state index in [1.165, 1.54) is 0 Å². The molecule has 1 aromatic carbocycles. The van der Waals surface area contributed by atoms with E-state index in [9.17, 15) is 8.42 Å². The highest BCUT2D eigenvalue weighted by molar-refractivity contribution is 7.86. The first-order valence-electron chi connectivity index (χ1n) is 10.5. The minimum Gasteiger partial charge on any atom is -0.298 e. The molecule has 1 heterocycles. The fourth-order valence-electron chi connectivity index (χ4n) is 3.45. The van der Waals surface area contributed by atoms with Crippen molar-refractivity contribution >= 4 is 10.2 Å². The highest BCUT2D eigenvalue weighted by Crippen LogP contribution is 2.16. The number of nitrogens with zero attached hydrogens (tertiary/aromatic N) is 4.